The molecule has 0 bridgehead atoms. The molecule has 3 N–H and O–H groups in total. The smallest absolute Gasteiger partial charge is 0.335 e. The quantitative estimate of drug-likeness (QED) is 0.506. The SMILES string of the molecule is O=C(O)c1ccc(S(=O)(=O)Nc2ccc(CCc3ccccc3C(=O)O)cc2)cc1. The lowest BCUT2D eigenvalue weighted by Gasteiger charge is -2.10. The minimum atomic E-state index is -3.85. The van der Waals surface area contributed by atoms with Crippen molar-refractivity contribution >= 4 is 27.6 Å². The average Bonchev–Trinajstić information content (AvgIpc) is 2.73. The molecule has 154 valence electrons. The largest absolute Gasteiger partial charge is 0.478 e. The van der Waals surface area contributed by atoms with Crippen LogP contribution in [0, 0.1) is 0 Å². The van der Waals surface area contributed by atoms with Crippen molar-refractivity contribution < 1.29 is 28.2 Å². The van der Waals surface area contributed by atoms with Gasteiger partial charge in [0.05, 0.1) is 16.0 Å². The topological polar surface area (TPSA) is 121 Å². The molecule has 3 aromatic rings. The summed E-state index contributed by atoms with van der Waals surface area (Å²) in [5.41, 5.74) is 2.31. The van der Waals surface area contributed by atoms with Crippen LogP contribution in [-0.4, -0.2) is 30.6 Å². The molecule has 0 saturated heterocycles. The molecule has 0 amide bonds. The van der Waals surface area contributed by atoms with Crippen molar-refractivity contribution in [1.82, 2.24) is 0 Å². The fourth-order valence-electron chi connectivity index (χ4n) is 2.96. The predicted molar refractivity (Wildman–Crippen MR) is 111 cm³/mol. The second kappa shape index (κ2) is 8.79. The molecule has 0 fully saturated rings. The van der Waals surface area contributed by atoms with Crippen molar-refractivity contribution in [3.63, 3.8) is 0 Å². The van der Waals surface area contributed by atoms with Crippen molar-refractivity contribution in [2.75, 3.05) is 4.72 Å². The Morgan fingerprint density at radius 1 is 0.767 bits per heavy atom. The van der Waals surface area contributed by atoms with Crippen LogP contribution in [-0.2, 0) is 22.9 Å². The number of aryl methyl sites for hydroxylation is 2. The highest BCUT2D eigenvalue weighted by Crippen LogP contribution is 2.19. The van der Waals surface area contributed by atoms with E-state index in [4.69, 9.17) is 5.11 Å². The molecule has 0 heterocycles. The first-order valence-electron chi connectivity index (χ1n) is 9.02. The number of rotatable bonds is 8. The van der Waals surface area contributed by atoms with Crippen LogP contribution in [0.25, 0.3) is 0 Å². The van der Waals surface area contributed by atoms with Gasteiger partial charge in [-0.1, -0.05) is 30.3 Å². The van der Waals surface area contributed by atoms with Crippen LogP contribution in [0.2, 0.25) is 0 Å². The molecule has 8 heteroatoms. The first-order chi connectivity index (χ1) is 14.3. The van der Waals surface area contributed by atoms with Crippen molar-refractivity contribution in [2.24, 2.45) is 0 Å². The zero-order valence-electron chi connectivity index (χ0n) is 15.8. The van der Waals surface area contributed by atoms with Gasteiger partial charge >= 0.3 is 11.9 Å². The number of carboxylic acids is 2. The van der Waals surface area contributed by atoms with E-state index in [0.29, 0.717) is 18.5 Å². The highest BCUT2D eigenvalue weighted by Gasteiger charge is 2.15. The number of aromatic carboxylic acids is 2. The van der Waals surface area contributed by atoms with Crippen LogP contribution in [0.3, 0.4) is 0 Å². The average molecular weight is 425 g/mol. The lowest BCUT2D eigenvalue weighted by atomic mass is 10.00. The third-order valence-electron chi connectivity index (χ3n) is 4.55. The van der Waals surface area contributed by atoms with Gasteiger partial charge in [0.2, 0.25) is 0 Å². The maximum atomic E-state index is 12.5. The molecule has 0 aliphatic heterocycles. The summed E-state index contributed by atoms with van der Waals surface area (Å²) in [7, 11) is -3.85. The molecular weight excluding hydrogens is 406 g/mol. The number of hydrogen-bond acceptors (Lipinski definition) is 4. The van der Waals surface area contributed by atoms with Gasteiger partial charge < -0.3 is 10.2 Å². The molecule has 3 aromatic carbocycles. The molecule has 0 radical (unpaired) electrons. The molecule has 7 nitrogen and oxygen atoms in total. The molecule has 0 aliphatic carbocycles. The van der Waals surface area contributed by atoms with Crippen molar-refractivity contribution in [2.45, 2.75) is 17.7 Å². The Morgan fingerprint density at radius 3 is 2.00 bits per heavy atom. The maximum absolute atomic E-state index is 12.5. The van der Waals surface area contributed by atoms with Crippen LogP contribution in [0.1, 0.15) is 31.8 Å². The monoisotopic (exact) mass is 425 g/mol. The standard InChI is InChI=1S/C22H19NO6S/c24-21(25)17-9-13-19(14-10-17)30(28,29)23-18-11-6-15(7-12-18)5-8-16-3-1-2-4-20(16)22(26)27/h1-4,6-7,9-14,23H,5,8H2,(H,24,25)(H,26,27). The third kappa shape index (κ3) is 5.03. The number of sulfonamides is 1. The summed E-state index contributed by atoms with van der Waals surface area (Å²) < 4.78 is 27.4. The number of carboxylic acid groups (broad SMARTS) is 2. The van der Waals surface area contributed by atoms with Gasteiger partial charge in [0.15, 0.2) is 0 Å². The number of hydrogen-bond donors (Lipinski definition) is 3. The van der Waals surface area contributed by atoms with Crippen molar-refractivity contribution in [3.8, 4) is 0 Å². The predicted octanol–water partition coefficient (Wildman–Crippen LogP) is 3.67. The summed E-state index contributed by atoms with van der Waals surface area (Å²) in [6.45, 7) is 0. The van der Waals surface area contributed by atoms with Crippen LogP contribution in [0.15, 0.2) is 77.7 Å². The van der Waals surface area contributed by atoms with E-state index < -0.39 is 22.0 Å². The van der Waals surface area contributed by atoms with Gasteiger partial charge in [-0.15, -0.1) is 0 Å². The number of anilines is 1. The van der Waals surface area contributed by atoms with Crippen molar-refractivity contribution in [3.05, 3.63) is 95.1 Å². The maximum Gasteiger partial charge on any atom is 0.335 e. The van der Waals surface area contributed by atoms with Crippen LogP contribution in [0.4, 0.5) is 5.69 Å². The van der Waals surface area contributed by atoms with Gasteiger partial charge in [-0.2, -0.15) is 0 Å². The Morgan fingerprint density at radius 2 is 1.40 bits per heavy atom. The van der Waals surface area contributed by atoms with E-state index in [-0.39, 0.29) is 16.0 Å². The molecule has 0 spiro atoms. The van der Waals surface area contributed by atoms with E-state index in [1.165, 1.54) is 24.3 Å². The fourth-order valence-corrected chi connectivity index (χ4v) is 4.01. The summed E-state index contributed by atoms with van der Waals surface area (Å²) in [4.78, 5) is 22.1. The zero-order chi connectivity index (χ0) is 21.7. The van der Waals surface area contributed by atoms with Crippen LogP contribution < -0.4 is 4.72 Å². The van der Waals surface area contributed by atoms with Gasteiger partial charge in [0.1, 0.15) is 0 Å². The summed E-state index contributed by atoms with van der Waals surface area (Å²) >= 11 is 0. The van der Waals surface area contributed by atoms with Gasteiger partial charge in [-0.25, -0.2) is 18.0 Å². The summed E-state index contributed by atoms with van der Waals surface area (Å²) in [6, 6.07) is 18.6. The van der Waals surface area contributed by atoms with Gasteiger partial charge in [0, 0.05) is 5.69 Å². The molecule has 3 rings (SSSR count). The van der Waals surface area contributed by atoms with E-state index in [1.807, 2.05) is 0 Å². The highest BCUT2D eigenvalue weighted by molar-refractivity contribution is 7.92. The third-order valence-corrected chi connectivity index (χ3v) is 5.95. The van der Waals surface area contributed by atoms with E-state index in [0.717, 1.165) is 11.1 Å². The van der Waals surface area contributed by atoms with E-state index in [1.54, 1.807) is 48.5 Å². The lowest BCUT2D eigenvalue weighted by Crippen LogP contribution is -2.13. The Hall–Kier alpha value is -3.65. The molecule has 0 aromatic heterocycles. The van der Waals surface area contributed by atoms with Gasteiger partial charge in [0.25, 0.3) is 10.0 Å². The molecule has 0 unspecified atom stereocenters. The Labute approximate surface area is 173 Å². The molecule has 0 aliphatic rings. The van der Waals surface area contributed by atoms with E-state index in [2.05, 4.69) is 4.72 Å². The Kier molecular flexibility index (Phi) is 6.17. The minimum Gasteiger partial charge on any atom is -0.478 e. The lowest BCUT2D eigenvalue weighted by molar-refractivity contribution is 0.0685. The van der Waals surface area contributed by atoms with Gasteiger partial charge in [-0.05, 0) is 66.4 Å². The van der Waals surface area contributed by atoms with Crippen LogP contribution >= 0.6 is 0 Å². The van der Waals surface area contributed by atoms with Crippen molar-refractivity contribution in [1.29, 1.82) is 0 Å². The second-order valence-electron chi connectivity index (χ2n) is 6.59. The molecule has 30 heavy (non-hydrogen) atoms. The summed E-state index contributed by atoms with van der Waals surface area (Å²) in [6.07, 6.45) is 1.15. The van der Waals surface area contributed by atoms with Crippen LogP contribution in [0.5, 0.6) is 0 Å². The first-order valence-corrected chi connectivity index (χ1v) is 10.5. The number of carbonyl (C=O) groups is 2. The minimum absolute atomic E-state index is 0.00257. The highest BCUT2D eigenvalue weighted by atomic mass is 32.2. The summed E-state index contributed by atoms with van der Waals surface area (Å²) in [5.74, 6) is -2.10. The molecule has 0 atom stereocenters. The molecular formula is C22H19NO6S. The Bertz CT molecular complexity index is 1170. The Balaban J connectivity index is 1.67. The second-order valence-corrected chi connectivity index (χ2v) is 8.28. The van der Waals surface area contributed by atoms with Gasteiger partial charge in [-0.3, -0.25) is 4.72 Å². The number of benzene rings is 3. The summed E-state index contributed by atoms with van der Waals surface area (Å²) in [5, 5.41) is 18.2. The first kappa shape index (κ1) is 21.1. The zero-order valence-corrected chi connectivity index (χ0v) is 16.6. The normalized spacial score (nSPS) is 11.1. The molecule has 0 saturated carbocycles. The number of nitrogens with one attached hydrogen (secondary N) is 1. The fraction of sp³-hybridized carbons (Fsp3) is 0.0909. The van der Waals surface area contributed by atoms with E-state index in [9.17, 15) is 23.1 Å². The van der Waals surface area contributed by atoms with E-state index >= 15 is 0 Å².